The molecule has 0 bridgehead atoms. The van der Waals surface area contributed by atoms with Crippen molar-refractivity contribution in [2.24, 2.45) is 0 Å². The molecule has 9 nitrogen and oxygen atoms in total. The van der Waals surface area contributed by atoms with Crippen LogP contribution in [0.5, 0.6) is 0 Å². The second kappa shape index (κ2) is 14.9. The Kier molecular flexibility index (Phi) is 10.5. The molecule has 1 aromatic carbocycles. The number of pyridine rings is 3. The van der Waals surface area contributed by atoms with Crippen LogP contribution < -0.4 is 10.2 Å². The second-order valence-corrected chi connectivity index (χ2v) is 13.4. The van der Waals surface area contributed by atoms with Gasteiger partial charge in [0.15, 0.2) is 6.29 Å². The standard InChI is InChI=1S/C36H43N5O4S/c1-23-16-28(17-33(26(23)4)46-15-14-44-35-10-5-6-13-43-35)36(42)38-20-29-18-32-27(19-37-29)11-12-31(39-32)30-8-7-9-34(40-30)41-21-24(2)45-25(3)22-41/h7-9,11-12,16-19,24-25,35H,5-6,10,13-15,20-22H2,1-4H3,(H,38,42). The van der Waals surface area contributed by atoms with Crippen LogP contribution in [0.1, 0.15) is 60.3 Å². The first-order valence-electron chi connectivity index (χ1n) is 16.2. The second-order valence-electron chi connectivity index (χ2n) is 12.2. The molecule has 10 heteroatoms. The van der Waals surface area contributed by atoms with E-state index >= 15 is 0 Å². The smallest absolute Gasteiger partial charge is 0.251 e. The van der Waals surface area contributed by atoms with E-state index < -0.39 is 0 Å². The van der Waals surface area contributed by atoms with Crippen LogP contribution in [0.4, 0.5) is 5.82 Å². The average Bonchev–Trinajstić information content (AvgIpc) is 3.07. The first kappa shape index (κ1) is 32.4. The third-order valence-electron chi connectivity index (χ3n) is 8.47. The van der Waals surface area contributed by atoms with E-state index in [4.69, 9.17) is 24.2 Å². The number of anilines is 1. The van der Waals surface area contributed by atoms with Crippen molar-refractivity contribution >= 4 is 34.4 Å². The lowest BCUT2D eigenvalue weighted by Crippen LogP contribution is -2.45. The molecule has 0 aliphatic carbocycles. The van der Waals surface area contributed by atoms with E-state index in [1.807, 2.05) is 55.5 Å². The lowest BCUT2D eigenvalue weighted by atomic mass is 10.1. The maximum Gasteiger partial charge on any atom is 0.251 e. The Morgan fingerprint density at radius 1 is 1.04 bits per heavy atom. The van der Waals surface area contributed by atoms with Crippen molar-refractivity contribution in [3.05, 3.63) is 77.1 Å². The number of nitrogens with one attached hydrogen (secondary N) is 1. The summed E-state index contributed by atoms with van der Waals surface area (Å²) < 4.78 is 17.5. The number of hydrogen-bond donors (Lipinski definition) is 1. The molecular formula is C36H43N5O4S. The minimum atomic E-state index is -0.131. The number of amides is 1. The molecule has 2 fully saturated rings. The first-order valence-corrected chi connectivity index (χ1v) is 17.2. The summed E-state index contributed by atoms with van der Waals surface area (Å²) in [6, 6.07) is 15.9. The molecule has 3 aromatic heterocycles. The summed E-state index contributed by atoms with van der Waals surface area (Å²) in [4.78, 5) is 31.1. The Hall–Kier alpha value is -3.57. The summed E-state index contributed by atoms with van der Waals surface area (Å²) in [6.45, 7) is 11.6. The molecule has 3 atom stereocenters. The zero-order valence-corrected chi connectivity index (χ0v) is 27.9. The van der Waals surface area contributed by atoms with Gasteiger partial charge in [0, 0.05) is 47.5 Å². The van der Waals surface area contributed by atoms with Crippen LogP contribution in [0.2, 0.25) is 0 Å². The van der Waals surface area contributed by atoms with Crippen molar-refractivity contribution < 1.29 is 19.0 Å². The molecular weight excluding hydrogens is 598 g/mol. The van der Waals surface area contributed by atoms with Gasteiger partial charge in [-0.1, -0.05) is 6.07 Å². The van der Waals surface area contributed by atoms with E-state index in [0.717, 1.165) is 89.0 Å². The highest BCUT2D eigenvalue weighted by Gasteiger charge is 2.23. The fraction of sp³-hybridized carbons (Fsp3) is 0.444. The Bertz CT molecular complexity index is 1670. The maximum absolute atomic E-state index is 13.3. The summed E-state index contributed by atoms with van der Waals surface area (Å²) in [5, 5.41) is 3.98. The van der Waals surface area contributed by atoms with Crippen LogP contribution in [0.15, 0.2) is 59.6 Å². The normalized spacial score (nSPS) is 20.2. The van der Waals surface area contributed by atoms with Crippen molar-refractivity contribution in [1.82, 2.24) is 20.3 Å². The fourth-order valence-electron chi connectivity index (χ4n) is 5.96. The summed E-state index contributed by atoms with van der Waals surface area (Å²) in [6.07, 6.45) is 5.25. The van der Waals surface area contributed by atoms with Gasteiger partial charge in [-0.05, 0) is 101 Å². The minimum absolute atomic E-state index is 0.0870. The van der Waals surface area contributed by atoms with Crippen LogP contribution in [0, 0.1) is 13.8 Å². The molecule has 0 saturated carbocycles. The quantitative estimate of drug-likeness (QED) is 0.154. The van der Waals surface area contributed by atoms with Crippen LogP contribution >= 0.6 is 11.8 Å². The van der Waals surface area contributed by atoms with Gasteiger partial charge in [0.1, 0.15) is 5.82 Å². The number of hydrogen-bond acceptors (Lipinski definition) is 9. The van der Waals surface area contributed by atoms with Crippen LogP contribution in [0.25, 0.3) is 22.3 Å². The fourth-order valence-corrected chi connectivity index (χ4v) is 6.95. The maximum atomic E-state index is 13.3. The number of aromatic nitrogens is 3. The van der Waals surface area contributed by atoms with Gasteiger partial charge in [0.2, 0.25) is 0 Å². The molecule has 2 aliphatic rings. The number of rotatable bonds is 10. The summed E-state index contributed by atoms with van der Waals surface area (Å²) in [5.74, 6) is 1.59. The number of aryl methyl sites for hydroxylation is 1. The van der Waals surface area contributed by atoms with E-state index in [9.17, 15) is 4.79 Å². The molecule has 242 valence electrons. The number of thioether (sulfide) groups is 1. The van der Waals surface area contributed by atoms with E-state index in [2.05, 4.69) is 36.0 Å². The topological polar surface area (TPSA) is 98.7 Å². The molecule has 4 aromatic rings. The Morgan fingerprint density at radius 3 is 2.67 bits per heavy atom. The molecule has 3 unspecified atom stereocenters. The average molecular weight is 642 g/mol. The van der Waals surface area contributed by atoms with Gasteiger partial charge in [0.25, 0.3) is 5.91 Å². The van der Waals surface area contributed by atoms with E-state index in [0.29, 0.717) is 18.7 Å². The molecule has 2 aliphatic heterocycles. The van der Waals surface area contributed by atoms with Gasteiger partial charge in [-0.2, -0.15) is 0 Å². The number of carbonyl (C=O) groups excluding carboxylic acids is 1. The van der Waals surface area contributed by atoms with Gasteiger partial charge < -0.3 is 24.4 Å². The van der Waals surface area contributed by atoms with Crippen molar-refractivity contribution in [3.63, 3.8) is 0 Å². The predicted octanol–water partition coefficient (Wildman–Crippen LogP) is 6.49. The van der Waals surface area contributed by atoms with Crippen LogP contribution in [-0.2, 0) is 20.8 Å². The number of benzene rings is 1. The van der Waals surface area contributed by atoms with Gasteiger partial charge in [-0.15, -0.1) is 11.8 Å². The summed E-state index contributed by atoms with van der Waals surface area (Å²) in [5.41, 5.74) is 6.06. The molecule has 1 N–H and O–H groups in total. The van der Waals surface area contributed by atoms with Crippen molar-refractivity contribution in [2.45, 2.75) is 76.9 Å². The first-order chi connectivity index (χ1) is 22.3. The van der Waals surface area contributed by atoms with E-state index in [1.54, 1.807) is 18.0 Å². The molecule has 0 radical (unpaired) electrons. The monoisotopic (exact) mass is 641 g/mol. The summed E-state index contributed by atoms with van der Waals surface area (Å²) in [7, 11) is 0. The molecule has 6 rings (SSSR count). The van der Waals surface area contributed by atoms with Gasteiger partial charge in [0.05, 0.1) is 48.0 Å². The lowest BCUT2D eigenvalue weighted by Gasteiger charge is -2.36. The van der Waals surface area contributed by atoms with Gasteiger partial charge in [-0.3, -0.25) is 9.78 Å². The summed E-state index contributed by atoms with van der Waals surface area (Å²) >= 11 is 1.71. The van der Waals surface area contributed by atoms with Gasteiger partial charge in [-0.25, -0.2) is 9.97 Å². The number of fused-ring (bicyclic) bond motifs is 1. The van der Waals surface area contributed by atoms with E-state index in [-0.39, 0.29) is 24.4 Å². The highest BCUT2D eigenvalue weighted by molar-refractivity contribution is 7.99. The molecule has 46 heavy (non-hydrogen) atoms. The highest BCUT2D eigenvalue weighted by Crippen LogP contribution is 2.28. The van der Waals surface area contributed by atoms with Gasteiger partial charge >= 0.3 is 0 Å². The highest BCUT2D eigenvalue weighted by atomic mass is 32.2. The van der Waals surface area contributed by atoms with Crippen molar-refractivity contribution in [1.29, 1.82) is 0 Å². The van der Waals surface area contributed by atoms with E-state index in [1.165, 1.54) is 5.56 Å². The Labute approximate surface area is 275 Å². The third kappa shape index (κ3) is 8.04. The van der Waals surface area contributed by atoms with Crippen LogP contribution in [-0.4, -0.2) is 71.4 Å². The molecule has 5 heterocycles. The predicted molar refractivity (Wildman–Crippen MR) is 182 cm³/mol. The zero-order valence-electron chi connectivity index (χ0n) is 27.1. The third-order valence-corrected chi connectivity index (χ3v) is 9.57. The Balaban J connectivity index is 1.10. The number of ether oxygens (including phenoxy) is 3. The van der Waals surface area contributed by atoms with Crippen molar-refractivity contribution in [2.75, 3.05) is 37.0 Å². The SMILES string of the molecule is Cc1cc(C(=O)NCc2cc3nc(-c4cccc(N5CC(C)OC(C)C5)n4)ccc3cn2)cc(SCCOC2CCCCO2)c1C. The zero-order chi connectivity index (χ0) is 32.0. The largest absolute Gasteiger partial charge is 0.372 e. The Morgan fingerprint density at radius 2 is 1.87 bits per heavy atom. The van der Waals surface area contributed by atoms with Crippen LogP contribution in [0.3, 0.4) is 0 Å². The lowest BCUT2D eigenvalue weighted by molar-refractivity contribution is -0.158. The number of morpholine rings is 1. The molecule has 2 saturated heterocycles. The molecule has 0 spiro atoms. The molecule has 1 amide bonds. The number of carbonyl (C=O) groups is 1. The van der Waals surface area contributed by atoms with Crippen molar-refractivity contribution in [3.8, 4) is 11.4 Å². The number of nitrogens with zero attached hydrogens (tertiary/aromatic N) is 4. The minimum Gasteiger partial charge on any atom is -0.372 e.